The fourth-order valence-corrected chi connectivity index (χ4v) is 3.77. The summed E-state index contributed by atoms with van der Waals surface area (Å²) in [4.78, 5) is 28.7. The lowest BCUT2D eigenvalue weighted by Gasteiger charge is -2.25. The Bertz CT molecular complexity index is 979. The van der Waals surface area contributed by atoms with Gasteiger partial charge in [-0.25, -0.2) is 4.98 Å². The van der Waals surface area contributed by atoms with Gasteiger partial charge in [0.1, 0.15) is 17.0 Å². The first-order valence-electron chi connectivity index (χ1n) is 8.11. The number of benzene rings is 1. The summed E-state index contributed by atoms with van der Waals surface area (Å²) in [7, 11) is 0. The quantitative estimate of drug-likeness (QED) is 0.775. The Morgan fingerprint density at radius 2 is 2.24 bits per heavy atom. The van der Waals surface area contributed by atoms with Crippen molar-refractivity contribution in [1.29, 1.82) is 0 Å². The normalized spacial score (nSPS) is 16.2. The van der Waals surface area contributed by atoms with Crippen LogP contribution in [-0.4, -0.2) is 28.6 Å². The molecule has 0 spiro atoms. The molecule has 4 rings (SSSR count). The molecule has 0 radical (unpaired) electrons. The maximum Gasteiger partial charge on any atom is 0.271 e. The zero-order valence-corrected chi connectivity index (χ0v) is 14.3. The Morgan fingerprint density at radius 3 is 3.16 bits per heavy atom. The Hall–Kier alpha value is -2.67. The van der Waals surface area contributed by atoms with Crippen LogP contribution >= 0.6 is 11.3 Å². The van der Waals surface area contributed by atoms with Gasteiger partial charge in [0.25, 0.3) is 5.56 Å². The predicted molar refractivity (Wildman–Crippen MR) is 96.0 cm³/mol. The van der Waals surface area contributed by atoms with Gasteiger partial charge in [-0.3, -0.25) is 14.2 Å². The van der Waals surface area contributed by atoms with Gasteiger partial charge in [-0.05, 0) is 29.5 Å². The summed E-state index contributed by atoms with van der Waals surface area (Å²) in [5.74, 6) is 0.957. The third kappa shape index (κ3) is 3.28. The lowest BCUT2D eigenvalue weighted by atomic mass is 9.97. The van der Waals surface area contributed by atoms with E-state index in [2.05, 4.69) is 10.3 Å². The number of carbonyl (C=O) groups is 1. The van der Waals surface area contributed by atoms with Crippen LogP contribution in [0.25, 0.3) is 10.2 Å². The average Bonchev–Trinajstić information content (AvgIpc) is 3.12. The van der Waals surface area contributed by atoms with Crippen molar-refractivity contribution >= 4 is 27.5 Å². The Morgan fingerprint density at radius 1 is 1.36 bits per heavy atom. The van der Waals surface area contributed by atoms with Gasteiger partial charge in [0.15, 0.2) is 0 Å². The number of nitrogens with one attached hydrogen (secondary N) is 1. The van der Waals surface area contributed by atoms with Gasteiger partial charge in [-0.15, -0.1) is 11.3 Å². The lowest BCUT2D eigenvalue weighted by molar-refractivity contribution is -0.122. The van der Waals surface area contributed by atoms with Crippen molar-refractivity contribution in [3.05, 3.63) is 58.0 Å². The van der Waals surface area contributed by atoms with Gasteiger partial charge in [0.05, 0.1) is 18.5 Å². The van der Waals surface area contributed by atoms with E-state index < -0.39 is 0 Å². The Labute approximate surface area is 148 Å². The maximum absolute atomic E-state index is 12.3. The van der Waals surface area contributed by atoms with Crippen molar-refractivity contribution in [2.45, 2.75) is 13.0 Å². The summed E-state index contributed by atoms with van der Waals surface area (Å²) in [6, 6.07) is 9.75. The smallest absolute Gasteiger partial charge is 0.271 e. The minimum absolute atomic E-state index is 0.0240. The highest BCUT2D eigenvalue weighted by Gasteiger charge is 2.20. The molecule has 1 aromatic carbocycles. The molecular weight excluding hydrogens is 338 g/mol. The molecule has 3 heterocycles. The van der Waals surface area contributed by atoms with E-state index in [1.165, 1.54) is 22.2 Å². The molecule has 0 aliphatic carbocycles. The number of fused-ring (bicyclic) bond motifs is 2. The number of thiophene rings is 1. The Balaban J connectivity index is 1.36. The highest BCUT2D eigenvalue weighted by molar-refractivity contribution is 7.17. The summed E-state index contributed by atoms with van der Waals surface area (Å²) >= 11 is 1.34. The van der Waals surface area contributed by atoms with Crippen LogP contribution < -0.4 is 15.6 Å². The fourth-order valence-electron chi connectivity index (χ4n) is 2.98. The van der Waals surface area contributed by atoms with E-state index in [-0.39, 0.29) is 23.9 Å². The molecule has 1 aliphatic rings. The summed E-state index contributed by atoms with van der Waals surface area (Å²) in [5.41, 5.74) is 1.66. The van der Waals surface area contributed by atoms with E-state index >= 15 is 0 Å². The van der Waals surface area contributed by atoms with Crippen LogP contribution in [0.3, 0.4) is 0 Å². The molecule has 0 bridgehead atoms. The summed E-state index contributed by atoms with van der Waals surface area (Å²) in [6.07, 6.45) is 2.30. The predicted octanol–water partition coefficient (Wildman–Crippen LogP) is 1.83. The third-order valence-electron chi connectivity index (χ3n) is 4.29. The minimum Gasteiger partial charge on any atom is -0.493 e. The molecule has 0 saturated heterocycles. The van der Waals surface area contributed by atoms with Crippen molar-refractivity contribution in [3.8, 4) is 5.75 Å². The van der Waals surface area contributed by atoms with Gasteiger partial charge < -0.3 is 10.1 Å². The first-order chi connectivity index (χ1) is 12.2. The molecule has 7 heteroatoms. The van der Waals surface area contributed by atoms with Crippen molar-refractivity contribution in [2.75, 3.05) is 13.2 Å². The third-order valence-corrected chi connectivity index (χ3v) is 5.18. The molecule has 1 amide bonds. The van der Waals surface area contributed by atoms with Crippen LogP contribution in [0.1, 0.15) is 5.56 Å². The van der Waals surface area contributed by atoms with E-state index in [0.717, 1.165) is 17.7 Å². The molecule has 1 N–H and O–H groups in total. The first-order valence-corrected chi connectivity index (χ1v) is 8.99. The van der Waals surface area contributed by atoms with Crippen LogP contribution in [0.2, 0.25) is 0 Å². The van der Waals surface area contributed by atoms with Crippen LogP contribution in [0.15, 0.2) is 46.8 Å². The SMILES string of the molecule is O=C(Cn1cnc2ccsc2c1=O)NC[C@H]1COc2ccccc2C1. The number of carbonyl (C=O) groups excluding carboxylic acids is 1. The number of aromatic nitrogens is 2. The van der Waals surface area contributed by atoms with Crippen molar-refractivity contribution in [3.63, 3.8) is 0 Å². The van der Waals surface area contributed by atoms with E-state index in [1.54, 1.807) is 6.07 Å². The topological polar surface area (TPSA) is 73.2 Å². The van der Waals surface area contributed by atoms with Crippen LogP contribution in [0.4, 0.5) is 0 Å². The summed E-state index contributed by atoms with van der Waals surface area (Å²) in [5, 5.41) is 4.72. The molecule has 0 saturated carbocycles. The number of ether oxygens (including phenoxy) is 1. The van der Waals surface area contributed by atoms with Gasteiger partial charge in [0.2, 0.25) is 5.91 Å². The summed E-state index contributed by atoms with van der Waals surface area (Å²) < 4.78 is 7.65. The lowest BCUT2D eigenvalue weighted by Crippen LogP contribution is -2.38. The molecule has 1 aliphatic heterocycles. The molecule has 2 aromatic heterocycles. The first kappa shape index (κ1) is 15.8. The van der Waals surface area contributed by atoms with E-state index in [4.69, 9.17) is 4.74 Å². The monoisotopic (exact) mass is 355 g/mol. The number of para-hydroxylation sites is 1. The van der Waals surface area contributed by atoms with Crippen molar-refractivity contribution in [2.24, 2.45) is 5.92 Å². The standard InChI is InChI=1S/C18H17N3O3S/c22-16(9-21-11-20-14-5-6-25-17(14)18(21)23)19-8-12-7-13-3-1-2-4-15(13)24-10-12/h1-6,11-12H,7-10H2,(H,19,22)/t12-/m0/s1. The van der Waals surface area contributed by atoms with Gasteiger partial charge in [-0.1, -0.05) is 18.2 Å². The van der Waals surface area contributed by atoms with Crippen molar-refractivity contribution < 1.29 is 9.53 Å². The number of hydrogen-bond acceptors (Lipinski definition) is 5. The largest absolute Gasteiger partial charge is 0.493 e. The summed E-state index contributed by atoms with van der Waals surface area (Å²) in [6.45, 7) is 1.08. The van der Waals surface area contributed by atoms with E-state index in [1.807, 2.05) is 29.6 Å². The molecule has 3 aromatic rings. The van der Waals surface area contributed by atoms with Gasteiger partial charge >= 0.3 is 0 Å². The molecule has 128 valence electrons. The zero-order chi connectivity index (χ0) is 17.2. The van der Waals surface area contributed by atoms with Crippen LogP contribution in [0.5, 0.6) is 5.75 Å². The number of rotatable bonds is 4. The van der Waals surface area contributed by atoms with Crippen LogP contribution in [0, 0.1) is 5.92 Å². The average molecular weight is 355 g/mol. The van der Waals surface area contributed by atoms with Gasteiger partial charge in [0, 0.05) is 12.5 Å². The second kappa shape index (κ2) is 6.68. The molecule has 0 fully saturated rings. The Kier molecular flexibility index (Phi) is 4.23. The molecule has 6 nitrogen and oxygen atoms in total. The highest BCUT2D eigenvalue weighted by Crippen LogP contribution is 2.26. The maximum atomic E-state index is 12.3. The highest BCUT2D eigenvalue weighted by atomic mass is 32.1. The second-order valence-corrected chi connectivity index (χ2v) is 7.02. The minimum atomic E-state index is -0.196. The molecular formula is C18H17N3O3S. The number of hydrogen-bond donors (Lipinski definition) is 1. The van der Waals surface area contributed by atoms with Crippen molar-refractivity contribution in [1.82, 2.24) is 14.9 Å². The second-order valence-electron chi connectivity index (χ2n) is 6.11. The zero-order valence-electron chi connectivity index (χ0n) is 13.5. The molecule has 0 unspecified atom stereocenters. The molecule has 1 atom stereocenters. The number of nitrogens with zero attached hydrogens (tertiary/aromatic N) is 2. The van der Waals surface area contributed by atoms with E-state index in [9.17, 15) is 9.59 Å². The molecule has 25 heavy (non-hydrogen) atoms. The van der Waals surface area contributed by atoms with Gasteiger partial charge in [-0.2, -0.15) is 0 Å². The van der Waals surface area contributed by atoms with E-state index in [0.29, 0.717) is 23.4 Å². The fraction of sp³-hybridized carbons (Fsp3) is 0.278. The number of amides is 1. The van der Waals surface area contributed by atoms with Crippen LogP contribution in [-0.2, 0) is 17.8 Å².